The highest BCUT2D eigenvalue weighted by Gasteiger charge is 2.09. The van der Waals surface area contributed by atoms with E-state index in [0.29, 0.717) is 12.2 Å². The van der Waals surface area contributed by atoms with E-state index < -0.39 is 0 Å². The molecule has 5 heteroatoms. The van der Waals surface area contributed by atoms with Crippen molar-refractivity contribution in [1.29, 1.82) is 0 Å². The van der Waals surface area contributed by atoms with Crippen LogP contribution in [0.25, 0.3) is 0 Å². The van der Waals surface area contributed by atoms with Gasteiger partial charge in [0.05, 0.1) is 12.8 Å². The standard InChI is InChI=1S/C14H15N3O2/c1-19-11-6-4-10(5-7-11)9-17-14(18)13-12(15)3-2-8-16-13/h2-8H,9,15H2,1H3,(H,17,18). The number of aromatic nitrogens is 1. The fourth-order valence-electron chi connectivity index (χ4n) is 1.62. The number of rotatable bonds is 4. The molecule has 0 aliphatic heterocycles. The zero-order chi connectivity index (χ0) is 13.7. The van der Waals surface area contributed by atoms with Gasteiger partial charge >= 0.3 is 0 Å². The van der Waals surface area contributed by atoms with Crippen LogP contribution in [-0.2, 0) is 6.54 Å². The smallest absolute Gasteiger partial charge is 0.272 e. The average Bonchev–Trinajstić information content (AvgIpc) is 2.46. The molecule has 0 aliphatic rings. The van der Waals surface area contributed by atoms with Gasteiger partial charge in [-0.05, 0) is 29.8 Å². The number of methoxy groups -OCH3 is 1. The molecule has 2 rings (SSSR count). The van der Waals surface area contributed by atoms with Crippen LogP contribution in [-0.4, -0.2) is 18.0 Å². The number of hydrogen-bond acceptors (Lipinski definition) is 4. The predicted molar refractivity (Wildman–Crippen MR) is 72.8 cm³/mol. The molecule has 0 bridgehead atoms. The number of nitrogen functional groups attached to an aromatic ring is 1. The quantitative estimate of drug-likeness (QED) is 0.872. The topological polar surface area (TPSA) is 77.2 Å². The molecule has 19 heavy (non-hydrogen) atoms. The van der Waals surface area contributed by atoms with Crippen LogP contribution >= 0.6 is 0 Å². The maximum absolute atomic E-state index is 11.9. The largest absolute Gasteiger partial charge is 0.497 e. The average molecular weight is 257 g/mol. The number of carbonyl (C=O) groups is 1. The normalized spacial score (nSPS) is 9.95. The number of hydrogen-bond donors (Lipinski definition) is 2. The first-order valence-corrected chi connectivity index (χ1v) is 5.82. The maximum atomic E-state index is 11.9. The molecule has 0 atom stereocenters. The lowest BCUT2D eigenvalue weighted by Gasteiger charge is -2.07. The molecule has 0 saturated heterocycles. The molecule has 5 nitrogen and oxygen atoms in total. The number of anilines is 1. The minimum Gasteiger partial charge on any atom is -0.497 e. The lowest BCUT2D eigenvalue weighted by molar-refractivity contribution is 0.0947. The molecule has 0 radical (unpaired) electrons. The third-order valence-electron chi connectivity index (χ3n) is 2.67. The van der Waals surface area contributed by atoms with Crippen molar-refractivity contribution in [2.75, 3.05) is 12.8 Å². The monoisotopic (exact) mass is 257 g/mol. The molecule has 0 fully saturated rings. The Morgan fingerprint density at radius 1 is 1.32 bits per heavy atom. The Morgan fingerprint density at radius 3 is 2.68 bits per heavy atom. The predicted octanol–water partition coefficient (Wildman–Crippen LogP) is 1.60. The fourth-order valence-corrected chi connectivity index (χ4v) is 1.62. The lowest BCUT2D eigenvalue weighted by atomic mass is 10.2. The second-order valence-corrected chi connectivity index (χ2v) is 3.97. The van der Waals surface area contributed by atoms with Crippen LogP contribution in [0.5, 0.6) is 5.75 Å². The second-order valence-electron chi connectivity index (χ2n) is 3.97. The first-order chi connectivity index (χ1) is 9.20. The molecule has 0 aliphatic carbocycles. The zero-order valence-corrected chi connectivity index (χ0v) is 10.6. The summed E-state index contributed by atoms with van der Waals surface area (Å²) in [5.74, 6) is 0.498. The van der Waals surface area contributed by atoms with Crippen molar-refractivity contribution >= 4 is 11.6 Å². The summed E-state index contributed by atoms with van der Waals surface area (Å²) in [7, 11) is 1.61. The molecule has 3 N–H and O–H groups in total. The first-order valence-electron chi connectivity index (χ1n) is 5.82. The Balaban J connectivity index is 1.98. The number of ether oxygens (including phenoxy) is 1. The van der Waals surface area contributed by atoms with Crippen molar-refractivity contribution < 1.29 is 9.53 Å². The van der Waals surface area contributed by atoms with Crippen LogP contribution in [0.15, 0.2) is 42.6 Å². The van der Waals surface area contributed by atoms with Crippen molar-refractivity contribution in [3.8, 4) is 5.75 Å². The number of nitrogens with zero attached hydrogens (tertiary/aromatic N) is 1. The highest BCUT2D eigenvalue weighted by Crippen LogP contribution is 2.11. The summed E-state index contributed by atoms with van der Waals surface area (Å²) in [5, 5.41) is 2.77. The molecule has 1 amide bonds. The van der Waals surface area contributed by atoms with Crippen LogP contribution < -0.4 is 15.8 Å². The summed E-state index contributed by atoms with van der Waals surface area (Å²) in [5.41, 5.74) is 7.28. The number of carbonyl (C=O) groups excluding carboxylic acids is 1. The minimum atomic E-state index is -0.283. The molecule has 0 unspecified atom stereocenters. The highest BCUT2D eigenvalue weighted by molar-refractivity contribution is 5.96. The fraction of sp³-hybridized carbons (Fsp3) is 0.143. The molecule has 98 valence electrons. The van der Waals surface area contributed by atoms with Gasteiger partial charge in [-0.25, -0.2) is 4.98 Å². The van der Waals surface area contributed by atoms with Gasteiger partial charge in [0.15, 0.2) is 5.69 Å². The summed E-state index contributed by atoms with van der Waals surface area (Å²) >= 11 is 0. The summed E-state index contributed by atoms with van der Waals surface area (Å²) in [4.78, 5) is 15.8. The van der Waals surface area contributed by atoms with Crippen LogP contribution in [0, 0.1) is 0 Å². The van der Waals surface area contributed by atoms with Crippen LogP contribution in [0.1, 0.15) is 16.1 Å². The Morgan fingerprint density at radius 2 is 2.05 bits per heavy atom. The van der Waals surface area contributed by atoms with Gasteiger partial charge < -0.3 is 15.8 Å². The van der Waals surface area contributed by atoms with E-state index in [4.69, 9.17) is 10.5 Å². The molecule has 1 heterocycles. The van der Waals surface area contributed by atoms with E-state index in [1.165, 1.54) is 0 Å². The van der Waals surface area contributed by atoms with Crippen molar-refractivity contribution in [2.24, 2.45) is 0 Å². The Hall–Kier alpha value is -2.56. The van der Waals surface area contributed by atoms with Gasteiger partial charge in [-0.2, -0.15) is 0 Å². The highest BCUT2D eigenvalue weighted by atomic mass is 16.5. The minimum absolute atomic E-state index is 0.246. The number of benzene rings is 1. The zero-order valence-electron chi connectivity index (χ0n) is 10.6. The van der Waals surface area contributed by atoms with E-state index in [1.54, 1.807) is 25.4 Å². The van der Waals surface area contributed by atoms with Gasteiger partial charge in [-0.1, -0.05) is 12.1 Å². The number of amides is 1. The number of pyridine rings is 1. The molecule has 2 aromatic rings. The Kier molecular flexibility index (Phi) is 3.97. The lowest BCUT2D eigenvalue weighted by Crippen LogP contribution is -2.24. The molecular formula is C14H15N3O2. The van der Waals surface area contributed by atoms with Crippen molar-refractivity contribution in [1.82, 2.24) is 10.3 Å². The molecule has 0 saturated carbocycles. The van der Waals surface area contributed by atoms with Crippen LogP contribution in [0.3, 0.4) is 0 Å². The van der Waals surface area contributed by atoms with Gasteiger partial charge in [0, 0.05) is 12.7 Å². The van der Waals surface area contributed by atoms with Crippen molar-refractivity contribution in [3.05, 3.63) is 53.9 Å². The third kappa shape index (κ3) is 3.22. The van der Waals surface area contributed by atoms with Gasteiger partial charge in [0.2, 0.25) is 0 Å². The summed E-state index contributed by atoms with van der Waals surface area (Å²) < 4.78 is 5.07. The van der Waals surface area contributed by atoms with Crippen molar-refractivity contribution in [2.45, 2.75) is 6.54 Å². The molecular weight excluding hydrogens is 242 g/mol. The maximum Gasteiger partial charge on any atom is 0.272 e. The SMILES string of the molecule is COc1ccc(CNC(=O)c2ncccc2N)cc1. The Bertz CT molecular complexity index is 567. The molecule has 0 spiro atoms. The van der Waals surface area contributed by atoms with E-state index >= 15 is 0 Å². The van der Waals surface area contributed by atoms with Gasteiger partial charge in [-0.3, -0.25) is 4.79 Å². The number of nitrogens with one attached hydrogen (secondary N) is 1. The van der Waals surface area contributed by atoms with Gasteiger partial charge in [0.25, 0.3) is 5.91 Å². The number of nitrogens with two attached hydrogens (primary N) is 1. The Labute approximate surface area is 111 Å². The van der Waals surface area contributed by atoms with E-state index in [9.17, 15) is 4.79 Å². The second kappa shape index (κ2) is 5.86. The molecule has 1 aromatic carbocycles. The van der Waals surface area contributed by atoms with Crippen LogP contribution in [0.2, 0.25) is 0 Å². The molecule has 1 aromatic heterocycles. The first kappa shape index (κ1) is 12.9. The van der Waals surface area contributed by atoms with Crippen LogP contribution in [0.4, 0.5) is 5.69 Å². The summed E-state index contributed by atoms with van der Waals surface area (Å²) in [6, 6.07) is 10.8. The van der Waals surface area contributed by atoms with E-state index in [0.717, 1.165) is 11.3 Å². The van der Waals surface area contributed by atoms with Gasteiger partial charge in [0.1, 0.15) is 5.75 Å². The van der Waals surface area contributed by atoms with E-state index in [2.05, 4.69) is 10.3 Å². The van der Waals surface area contributed by atoms with Crippen molar-refractivity contribution in [3.63, 3.8) is 0 Å². The van der Waals surface area contributed by atoms with Gasteiger partial charge in [-0.15, -0.1) is 0 Å². The van der Waals surface area contributed by atoms with E-state index in [-0.39, 0.29) is 11.6 Å². The van der Waals surface area contributed by atoms with E-state index in [1.807, 2.05) is 24.3 Å². The summed E-state index contributed by atoms with van der Waals surface area (Å²) in [6.45, 7) is 0.416. The third-order valence-corrected chi connectivity index (χ3v) is 2.67. The summed E-state index contributed by atoms with van der Waals surface area (Å²) in [6.07, 6.45) is 1.54.